The van der Waals surface area contributed by atoms with Crippen LogP contribution in [0.5, 0.6) is 0 Å². The van der Waals surface area contributed by atoms with Gasteiger partial charge in [-0.15, -0.1) is 0 Å². The van der Waals surface area contributed by atoms with Gasteiger partial charge in [-0.3, -0.25) is 4.90 Å². The third-order valence-electron chi connectivity index (χ3n) is 3.24. The van der Waals surface area contributed by atoms with Crippen molar-refractivity contribution in [3.63, 3.8) is 0 Å². The number of rotatable bonds is 2. The summed E-state index contributed by atoms with van der Waals surface area (Å²) in [5.74, 6) is 0. The Hall–Kier alpha value is -0.0800. The van der Waals surface area contributed by atoms with Crippen molar-refractivity contribution in [3.05, 3.63) is 0 Å². The van der Waals surface area contributed by atoms with Crippen LogP contribution in [0.15, 0.2) is 0 Å². The molecule has 2 rings (SSSR count). The highest BCUT2D eigenvalue weighted by Crippen LogP contribution is 2.44. The van der Waals surface area contributed by atoms with Gasteiger partial charge in [-0.25, -0.2) is 0 Å². The highest BCUT2D eigenvalue weighted by Gasteiger charge is 2.50. The molecule has 0 amide bonds. The second kappa shape index (κ2) is 2.76. The molecular weight excluding hydrogens is 136 g/mol. The largest absolute Gasteiger partial charge is 0.329 e. The fourth-order valence-electron chi connectivity index (χ4n) is 2.48. The van der Waals surface area contributed by atoms with Gasteiger partial charge in [0.25, 0.3) is 0 Å². The Bertz CT molecular complexity index is 138. The molecule has 1 aliphatic heterocycles. The van der Waals surface area contributed by atoms with Gasteiger partial charge in [0, 0.05) is 25.2 Å². The monoisotopic (exact) mass is 154 g/mol. The van der Waals surface area contributed by atoms with E-state index in [1.165, 1.54) is 38.6 Å². The number of hydrogen-bond donors (Lipinski definition) is 1. The van der Waals surface area contributed by atoms with Crippen LogP contribution >= 0.6 is 0 Å². The molecule has 0 bridgehead atoms. The molecule has 2 N–H and O–H groups in total. The van der Waals surface area contributed by atoms with Crippen molar-refractivity contribution < 1.29 is 0 Å². The highest BCUT2D eigenvalue weighted by molar-refractivity contribution is 5.07. The van der Waals surface area contributed by atoms with Gasteiger partial charge in [-0.05, 0) is 12.8 Å². The first-order chi connectivity index (χ1) is 5.37. The minimum Gasteiger partial charge on any atom is -0.329 e. The Kier molecular flexibility index (Phi) is 1.90. The molecule has 11 heavy (non-hydrogen) atoms. The van der Waals surface area contributed by atoms with Crippen LogP contribution in [0.25, 0.3) is 0 Å². The SMILES string of the molecule is NCCN1CC12CCCCC2. The smallest absolute Gasteiger partial charge is 0.0338 e. The third-order valence-corrected chi connectivity index (χ3v) is 3.24. The van der Waals surface area contributed by atoms with E-state index in [1.54, 1.807) is 0 Å². The molecule has 1 aliphatic carbocycles. The van der Waals surface area contributed by atoms with Crippen molar-refractivity contribution in [1.29, 1.82) is 0 Å². The summed E-state index contributed by atoms with van der Waals surface area (Å²) in [6, 6.07) is 0. The van der Waals surface area contributed by atoms with E-state index in [-0.39, 0.29) is 0 Å². The van der Waals surface area contributed by atoms with Crippen molar-refractivity contribution in [2.75, 3.05) is 19.6 Å². The lowest BCUT2D eigenvalue weighted by molar-refractivity contribution is 0.315. The molecule has 1 unspecified atom stereocenters. The van der Waals surface area contributed by atoms with Crippen molar-refractivity contribution >= 4 is 0 Å². The van der Waals surface area contributed by atoms with Crippen molar-refractivity contribution in [3.8, 4) is 0 Å². The summed E-state index contributed by atoms with van der Waals surface area (Å²) in [6.45, 7) is 3.30. The van der Waals surface area contributed by atoms with Crippen molar-refractivity contribution in [2.24, 2.45) is 5.73 Å². The summed E-state index contributed by atoms with van der Waals surface area (Å²) < 4.78 is 0. The van der Waals surface area contributed by atoms with E-state index in [9.17, 15) is 0 Å². The van der Waals surface area contributed by atoms with Gasteiger partial charge < -0.3 is 5.73 Å². The molecule has 0 radical (unpaired) electrons. The van der Waals surface area contributed by atoms with Gasteiger partial charge in [-0.2, -0.15) is 0 Å². The Morgan fingerprint density at radius 3 is 2.55 bits per heavy atom. The molecule has 1 saturated heterocycles. The first-order valence-electron chi connectivity index (χ1n) is 4.82. The molecule has 1 atom stereocenters. The normalized spacial score (nSPS) is 34.1. The molecule has 64 valence electrons. The van der Waals surface area contributed by atoms with Gasteiger partial charge in [0.1, 0.15) is 0 Å². The van der Waals surface area contributed by atoms with E-state index in [0.29, 0.717) is 5.54 Å². The first-order valence-corrected chi connectivity index (χ1v) is 4.82. The van der Waals surface area contributed by atoms with Gasteiger partial charge in [0.15, 0.2) is 0 Å². The van der Waals surface area contributed by atoms with Crippen LogP contribution in [0.3, 0.4) is 0 Å². The van der Waals surface area contributed by atoms with Crippen molar-refractivity contribution in [2.45, 2.75) is 37.6 Å². The minimum absolute atomic E-state index is 0.650. The average Bonchev–Trinajstić information content (AvgIpc) is 2.66. The zero-order valence-corrected chi connectivity index (χ0v) is 7.18. The average molecular weight is 154 g/mol. The molecule has 1 spiro atoms. The lowest BCUT2D eigenvalue weighted by atomic mass is 9.89. The van der Waals surface area contributed by atoms with E-state index in [4.69, 9.17) is 5.73 Å². The van der Waals surface area contributed by atoms with Gasteiger partial charge in [0.05, 0.1) is 0 Å². The van der Waals surface area contributed by atoms with Crippen LogP contribution < -0.4 is 5.73 Å². The van der Waals surface area contributed by atoms with Gasteiger partial charge in [-0.1, -0.05) is 19.3 Å². The summed E-state index contributed by atoms with van der Waals surface area (Å²) in [4.78, 5) is 2.56. The van der Waals surface area contributed by atoms with Crippen LogP contribution in [-0.4, -0.2) is 30.1 Å². The maximum atomic E-state index is 5.52. The van der Waals surface area contributed by atoms with Crippen LogP contribution in [-0.2, 0) is 0 Å². The fraction of sp³-hybridized carbons (Fsp3) is 1.00. The molecule has 2 aliphatic rings. The van der Waals surface area contributed by atoms with Crippen LogP contribution in [0.4, 0.5) is 0 Å². The second-order valence-corrected chi connectivity index (χ2v) is 4.00. The Morgan fingerprint density at radius 1 is 1.18 bits per heavy atom. The van der Waals surface area contributed by atoms with Gasteiger partial charge >= 0.3 is 0 Å². The van der Waals surface area contributed by atoms with Gasteiger partial charge in [0.2, 0.25) is 0 Å². The molecule has 1 saturated carbocycles. The van der Waals surface area contributed by atoms with E-state index >= 15 is 0 Å². The molecule has 2 nitrogen and oxygen atoms in total. The summed E-state index contributed by atoms with van der Waals surface area (Å²) in [6.07, 6.45) is 7.22. The molecular formula is C9H18N2. The number of hydrogen-bond acceptors (Lipinski definition) is 2. The lowest BCUT2D eigenvalue weighted by Gasteiger charge is -2.22. The standard InChI is InChI=1S/C9H18N2/c10-6-7-11-8-9(11)4-2-1-3-5-9/h1-8,10H2. The lowest BCUT2D eigenvalue weighted by Crippen LogP contribution is -2.25. The van der Waals surface area contributed by atoms with E-state index in [0.717, 1.165) is 13.1 Å². The first kappa shape index (κ1) is 7.56. The summed E-state index contributed by atoms with van der Waals surface area (Å²) in [5.41, 5.74) is 6.17. The Morgan fingerprint density at radius 2 is 1.91 bits per heavy atom. The topological polar surface area (TPSA) is 29.0 Å². The predicted molar refractivity (Wildman–Crippen MR) is 46.4 cm³/mol. The van der Waals surface area contributed by atoms with Crippen LogP contribution in [0.1, 0.15) is 32.1 Å². The number of nitrogens with zero attached hydrogens (tertiary/aromatic N) is 1. The van der Waals surface area contributed by atoms with E-state index in [1.807, 2.05) is 0 Å². The quantitative estimate of drug-likeness (QED) is 0.600. The Labute approximate surface area is 68.7 Å². The highest BCUT2D eigenvalue weighted by atomic mass is 15.4. The maximum Gasteiger partial charge on any atom is 0.0338 e. The predicted octanol–water partition coefficient (Wildman–Crippen LogP) is 0.964. The molecule has 1 heterocycles. The zero-order chi connectivity index (χ0) is 7.73. The van der Waals surface area contributed by atoms with E-state index < -0.39 is 0 Å². The molecule has 2 fully saturated rings. The second-order valence-electron chi connectivity index (χ2n) is 4.00. The Balaban J connectivity index is 1.84. The summed E-state index contributed by atoms with van der Waals surface area (Å²) >= 11 is 0. The summed E-state index contributed by atoms with van der Waals surface area (Å²) in [7, 11) is 0. The van der Waals surface area contributed by atoms with Crippen molar-refractivity contribution in [1.82, 2.24) is 4.90 Å². The van der Waals surface area contributed by atoms with E-state index in [2.05, 4.69) is 4.90 Å². The molecule has 0 aromatic heterocycles. The number of nitrogens with two attached hydrogens (primary N) is 1. The summed E-state index contributed by atoms with van der Waals surface area (Å²) in [5, 5.41) is 0. The zero-order valence-electron chi connectivity index (χ0n) is 7.18. The molecule has 2 heteroatoms. The maximum absolute atomic E-state index is 5.52. The molecule has 0 aromatic carbocycles. The third kappa shape index (κ3) is 1.30. The minimum atomic E-state index is 0.650. The van der Waals surface area contributed by atoms with Crippen LogP contribution in [0.2, 0.25) is 0 Å². The fourth-order valence-corrected chi connectivity index (χ4v) is 2.48. The molecule has 0 aromatic rings. The van der Waals surface area contributed by atoms with Crippen LogP contribution in [0, 0.1) is 0 Å².